The number of benzene rings is 9. The average molecular weight is 988 g/mol. The summed E-state index contributed by atoms with van der Waals surface area (Å²) < 4.78 is 7.05. The molecule has 14 rings (SSSR count). The van der Waals surface area contributed by atoms with E-state index in [1.807, 2.05) is 0 Å². The zero-order valence-electron chi connectivity index (χ0n) is 45.6. The van der Waals surface area contributed by atoms with Gasteiger partial charge in [0, 0.05) is 55.9 Å². The van der Waals surface area contributed by atoms with Crippen LogP contribution in [0.2, 0.25) is 0 Å². The summed E-state index contributed by atoms with van der Waals surface area (Å²) in [7, 11) is 0. The highest BCUT2D eigenvalue weighted by molar-refractivity contribution is 7.00. The molecule has 0 amide bonds. The Labute approximate surface area is 449 Å². The van der Waals surface area contributed by atoms with Crippen molar-refractivity contribution in [1.29, 1.82) is 0 Å². The van der Waals surface area contributed by atoms with Crippen molar-refractivity contribution < 1.29 is 4.42 Å². The molecule has 3 aliphatic heterocycles. The van der Waals surface area contributed by atoms with Crippen molar-refractivity contribution in [3.8, 4) is 22.3 Å². The Bertz CT molecular complexity index is 3990. The molecule has 0 spiro atoms. The van der Waals surface area contributed by atoms with Crippen molar-refractivity contribution in [2.75, 3.05) is 14.7 Å². The molecular weight excluding hydrogens is 922 g/mol. The van der Waals surface area contributed by atoms with Gasteiger partial charge in [0.15, 0.2) is 5.58 Å². The van der Waals surface area contributed by atoms with Crippen LogP contribution in [0.25, 0.3) is 44.2 Å². The first-order valence-electron chi connectivity index (χ1n) is 27.7. The van der Waals surface area contributed by atoms with Crippen LogP contribution >= 0.6 is 0 Å². The molecule has 374 valence electrons. The van der Waals surface area contributed by atoms with Gasteiger partial charge >= 0.3 is 0 Å². The van der Waals surface area contributed by atoms with Gasteiger partial charge in [-0.05, 0) is 160 Å². The number of furan rings is 1. The van der Waals surface area contributed by atoms with Crippen LogP contribution < -0.4 is 31.1 Å². The van der Waals surface area contributed by atoms with E-state index < -0.39 is 0 Å². The monoisotopic (exact) mass is 988 g/mol. The molecule has 1 fully saturated rings. The van der Waals surface area contributed by atoms with Gasteiger partial charge in [-0.15, -0.1) is 0 Å². The fourth-order valence-corrected chi connectivity index (χ4v) is 14.1. The maximum Gasteiger partial charge on any atom is 0.252 e. The van der Waals surface area contributed by atoms with E-state index >= 15 is 0 Å². The maximum absolute atomic E-state index is 7.05. The van der Waals surface area contributed by atoms with Gasteiger partial charge in [-0.3, -0.25) is 0 Å². The SMILES string of the molecule is Cc1cc2c3c(c1)N(c1cccc4c1oc1ccccc14)c1cc(N4c5ccc(-c6ccccc6)cc5C5(C)CCCCC45C)ccc1B3c1ccc(C(C)(C)C)cc1N2c1ccc(C(C)(C)C)cc1-c1ccccc1. The molecule has 4 aliphatic rings. The lowest BCUT2D eigenvalue weighted by Crippen LogP contribution is -2.61. The van der Waals surface area contributed by atoms with Crippen molar-refractivity contribution in [1.82, 2.24) is 0 Å². The molecule has 10 aromatic rings. The van der Waals surface area contributed by atoms with Crippen LogP contribution in [-0.2, 0) is 16.2 Å². The molecule has 1 saturated carbocycles. The number of rotatable bonds is 5. The van der Waals surface area contributed by atoms with Gasteiger partial charge in [0.05, 0.1) is 16.9 Å². The minimum atomic E-state index is -0.142. The molecular formula is C71H66BN3O. The largest absolute Gasteiger partial charge is 0.454 e. The van der Waals surface area contributed by atoms with Crippen LogP contribution in [0.4, 0.5) is 45.5 Å². The van der Waals surface area contributed by atoms with Crippen molar-refractivity contribution >= 4 is 90.5 Å². The Morgan fingerprint density at radius 2 is 1.08 bits per heavy atom. The number of nitrogens with zero attached hydrogens (tertiary/aromatic N) is 3. The highest BCUT2D eigenvalue weighted by Gasteiger charge is 2.58. The molecule has 1 aliphatic carbocycles. The van der Waals surface area contributed by atoms with Crippen LogP contribution in [0.15, 0.2) is 192 Å². The van der Waals surface area contributed by atoms with E-state index in [2.05, 4.69) is 265 Å². The van der Waals surface area contributed by atoms with E-state index in [0.29, 0.717) is 0 Å². The molecule has 1 aromatic heterocycles. The molecule has 0 saturated heterocycles. The highest BCUT2D eigenvalue weighted by atomic mass is 16.3. The number of hydrogen-bond donors (Lipinski definition) is 0. The van der Waals surface area contributed by atoms with Crippen molar-refractivity contribution in [3.63, 3.8) is 0 Å². The zero-order valence-corrected chi connectivity index (χ0v) is 45.6. The fourth-order valence-electron chi connectivity index (χ4n) is 14.1. The number of aryl methyl sites for hydroxylation is 1. The summed E-state index contributed by atoms with van der Waals surface area (Å²) in [5.41, 5.74) is 25.3. The average Bonchev–Trinajstić information content (AvgIpc) is 3.95. The van der Waals surface area contributed by atoms with E-state index in [-0.39, 0.29) is 28.5 Å². The van der Waals surface area contributed by atoms with Crippen LogP contribution in [-0.4, -0.2) is 12.3 Å². The minimum absolute atomic E-state index is 0.0368. The molecule has 0 radical (unpaired) electrons. The van der Waals surface area contributed by atoms with E-state index in [9.17, 15) is 0 Å². The second-order valence-electron chi connectivity index (χ2n) is 24.9. The topological polar surface area (TPSA) is 22.9 Å². The van der Waals surface area contributed by atoms with Crippen LogP contribution in [0.3, 0.4) is 0 Å². The van der Waals surface area contributed by atoms with Gasteiger partial charge < -0.3 is 19.1 Å². The normalized spacial score (nSPS) is 18.6. The molecule has 4 nitrogen and oxygen atoms in total. The van der Waals surface area contributed by atoms with Crippen molar-refractivity contribution in [2.24, 2.45) is 0 Å². The number of fused-ring (bicyclic) bond motifs is 10. The van der Waals surface area contributed by atoms with Crippen molar-refractivity contribution in [3.05, 3.63) is 210 Å². The first kappa shape index (κ1) is 46.8. The number of hydrogen-bond acceptors (Lipinski definition) is 4. The third-order valence-corrected chi connectivity index (χ3v) is 18.3. The van der Waals surface area contributed by atoms with Crippen LogP contribution in [0, 0.1) is 6.92 Å². The summed E-state index contributed by atoms with van der Waals surface area (Å²) in [6.07, 6.45) is 4.71. The Balaban J connectivity index is 1.06. The molecule has 0 N–H and O–H groups in total. The number of anilines is 8. The van der Waals surface area contributed by atoms with E-state index in [1.54, 1.807) is 0 Å². The summed E-state index contributed by atoms with van der Waals surface area (Å²) >= 11 is 0. The molecule has 9 aromatic carbocycles. The second kappa shape index (κ2) is 16.6. The van der Waals surface area contributed by atoms with Gasteiger partial charge in [0.2, 0.25) is 0 Å². The highest BCUT2D eigenvalue weighted by Crippen LogP contribution is 2.62. The fraction of sp³-hybridized carbons (Fsp3) is 0.239. The summed E-state index contributed by atoms with van der Waals surface area (Å²) in [6, 6.07) is 71.6. The lowest BCUT2D eigenvalue weighted by molar-refractivity contribution is 0.195. The van der Waals surface area contributed by atoms with Gasteiger partial charge in [0.1, 0.15) is 5.58 Å². The van der Waals surface area contributed by atoms with Gasteiger partial charge in [0.25, 0.3) is 6.71 Å². The molecule has 2 unspecified atom stereocenters. The quantitative estimate of drug-likeness (QED) is 0.160. The van der Waals surface area contributed by atoms with E-state index in [4.69, 9.17) is 4.42 Å². The first-order chi connectivity index (χ1) is 36.6. The summed E-state index contributed by atoms with van der Waals surface area (Å²) in [4.78, 5) is 7.96. The third kappa shape index (κ3) is 6.83. The minimum Gasteiger partial charge on any atom is -0.454 e. The first-order valence-corrected chi connectivity index (χ1v) is 27.7. The second-order valence-corrected chi connectivity index (χ2v) is 24.9. The molecule has 4 heterocycles. The number of para-hydroxylation sites is 2. The van der Waals surface area contributed by atoms with Gasteiger partial charge in [-0.2, -0.15) is 0 Å². The molecule has 2 atom stereocenters. The standard InChI is InChI=1S/C71H66BN3O/c1-45-39-63-66-64(40-45)74(60-27-20-26-53-52-25-16-17-28-65(52)76-67(53)60)62-44-51(75-59-35-29-48(46-21-12-10-13-22-46)41-55(59)70(8)37-18-19-38-71(70,75)9)32-34-57(62)72(66)56-33-30-50(69(5,6)7)43-61(56)73(63)58-36-31-49(68(2,3)4)42-54(58)47-23-14-11-15-24-47/h10-17,20-36,39-44H,18-19,37-38H2,1-9H3. The molecule has 5 heteroatoms. The maximum atomic E-state index is 7.05. The zero-order chi connectivity index (χ0) is 52.0. The summed E-state index contributed by atoms with van der Waals surface area (Å²) in [5, 5.41) is 2.25. The lowest BCUT2D eigenvalue weighted by Gasteiger charge is -2.50. The van der Waals surface area contributed by atoms with E-state index in [1.165, 1.54) is 114 Å². The van der Waals surface area contributed by atoms with Gasteiger partial charge in [-0.25, -0.2) is 0 Å². The molecule has 76 heavy (non-hydrogen) atoms. The Hall–Kier alpha value is -7.76. The van der Waals surface area contributed by atoms with E-state index in [0.717, 1.165) is 40.5 Å². The van der Waals surface area contributed by atoms with Crippen LogP contribution in [0.1, 0.15) is 103 Å². The summed E-state index contributed by atoms with van der Waals surface area (Å²) in [6.45, 7) is 21.3. The van der Waals surface area contributed by atoms with Gasteiger partial charge in [-0.1, -0.05) is 183 Å². The Morgan fingerprint density at radius 1 is 0.474 bits per heavy atom. The predicted molar refractivity (Wildman–Crippen MR) is 324 cm³/mol. The Kier molecular flexibility index (Phi) is 10.2. The summed E-state index contributed by atoms with van der Waals surface area (Å²) in [5.74, 6) is 0. The third-order valence-electron chi connectivity index (χ3n) is 18.3. The smallest absolute Gasteiger partial charge is 0.252 e. The predicted octanol–water partition coefficient (Wildman–Crippen LogP) is 17.6. The lowest BCUT2D eigenvalue weighted by atomic mass is 9.33. The van der Waals surface area contributed by atoms with Crippen molar-refractivity contribution in [2.45, 2.75) is 110 Å². The molecule has 0 bridgehead atoms. The Morgan fingerprint density at radius 3 is 1.82 bits per heavy atom. The van der Waals surface area contributed by atoms with Crippen LogP contribution in [0.5, 0.6) is 0 Å².